The van der Waals surface area contributed by atoms with Crippen LogP contribution >= 0.6 is 0 Å². The molecule has 3 nitrogen and oxygen atoms in total. The molecule has 1 amide bonds. The van der Waals surface area contributed by atoms with Crippen LogP contribution in [0.15, 0.2) is 0 Å². The zero-order valence-electron chi connectivity index (χ0n) is 10.4. The zero-order valence-corrected chi connectivity index (χ0v) is 10.4. The van der Waals surface area contributed by atoms with Gasteiger partial charge in [-0.1, -0.05) is 20.8 Å². The third kappa shape index (κ3) is 3.20. The number of nitrogens with two attached hydrogens (primary N) is 1. The Labute approximate surface area is 93.0 Å². The second-order valence-electron chi connectivity index (χ2n) is 5.77. The molecule has 0 bridgehead atoms. The Morgan fingerprint density at radius 2 is 2.00 bits per heavy atom. The van der Waals surface area contributed by atoms with Crippen molar-refractivity contribution in [1.82, 2.24) is 4.90 Å². The van der Waals surface area contributed by atoms with E-state index in [2.05, 4.69) is 20.8 Å². The van der Waals surface area contributed by atoms with Crippen molar-refractivity contribution in [1.29, 1.82) is 0 Å². The van der Waals surface area contributed by atoms with Crippen LogP contribution in [0.2, 0.25) is 0 Å². The quantitative estimate of drug-likeness (QED) is 0.775. The average molecular weight is 212 g/mol. The van der Waals surface area contributed by atoms with Crippen LogP contribution in [0.3, 0.4) is 0 Å². The van der Waals surface area contributed by atoms with E-state index in [1.54, 1.807) is 0 Å². The smallest absolute Gasteiger partial charge is 0.224 e. The number of hydrogen-bond acceptors (Lipinski definition) is 2. The summed E-state index contributed by atoms with van der Waals surface area (Å²) < 4.78 is 0. The first-order valence-corrected chi connectivity index (χ1v) is 5.83. The van der Waals surface area contributed by atoms with E-state index in [0.29, 0.717) is 12.5 Å². The second-order valence-corrected chi connectivity index (χ2v) is 5.77. The normalized spacial score (nSPS) is 19.5. The molecule has 88 valence electrons. The number of nitrogens with zero attached hydrogens (tertiary/aromatic N) is 1. The molecular formula is C12H24N2O. The van der Waals surface area contributed by atoms with E-state index in [-0.39, 0.29) is 17.4 Å². The fourth-order valence-corrected chi connectivity index (χ4v) is 1.62. The van der Waals surface area contributed by atoms with Crippen LogP contribution in [-0.2, 0) is 4.79 Å². The maximum Gasteiger partial charge on any atom is 0.224 e. The maximum atomic E-state index is 11.9. The molecular weight excluding hydrogens is 188 g/mol. The van der Waals surface area contributed by atoms with Crippen molar-refractivity contribution < 1.29 is 4.79 Å². The van der Waals surface area contributed by atoms with Gasteiger partial charge in [-0.25, -0.2) is 0 Å². The summed E-state index contributed by atoms with van der Waals surface area (Å²) in [6.07, 6.45) is 4.05. The fourth-order valence-electron chi connectivity index (χ4n) is 1.62. The predicted octanol–water partition coefficient (Wildman–Crippen LogP) is 1.76. The molecule has 0 aromatic carbocycles. The van der Waals surface area contributed by atoms with Crippen molar-refractivity contribution in [2.24, 2.45) is 11.1 Å². The van der Waals surface area contributed by atoms with Gasteiger partial charge in [0.25, 0.3) is 0 Å². The van der Waals surface area contributed by atoms with E-state index in [4.69, 9.17) is 5.73 Å². The van der Waals surface area contributed by atoms with E-state index in [0.717, 1.165) is 12.8 Å². The lowest BCUT2D eigenvalue weighted by Gasteiger charge is -2.36. The molecule has 3 heteroatoms. The molecule has 1 fully saturated rings. The molecule has 1 aliphatic rings. The van der Waals surface area contributed by atoms with Gasteiger partial charge >= 0.3 is 0 Å². The number of carbonyl (C=O) groups excluding carboxylic acids is 1. The Balaban J connectivity index is 2.40. The molecule has 0 spiro atoms. The average Bonchev–Trinajstić information content (AvgIpc) is 1.98. The molecule has 15 heavy (non-hydrogen) atoms. The van der Waals surface area contributed by atoms with E-state index >= 15 is 0 Å². The fraction of sp³-hybridized carbons (Fsp3) is 0.917. The first-order valence-electron chi connectivity index (χ1n) is 5.83. The summed E-state index contributed by atoms with van der Waals surface area (Å²) >= 11 is 0. The van der Waals surface area contributed by atoms with Gasteiger partial charge < -0.3 is 10.6 Å². The van der Waals surface area contributed by atoms with Crippen molar-refractivity contribution in [3.05, 3.63) is 0 Å². The van der Waals surface area contributed by atoms with Crippen LogP contribution in [0.4, 0.5) is 0 Å². The monoisotopic (exact) mass is 212 g/mol. The Kier molecular flexibility index (Phi) is 3.77. The summed E-state index contributed by atoms with van der Waals surface area (Å²) in [5.74, 6) is 0.196. The molecule has 1 saturated carbocycles. The zero-order chi connectivity index (χ0) is 11.6. The van der Waals surface area contributed by atoms with Crippen molar-refractivity contribution >= 4 is 5.91 Å². The lowest BCUT2D eigenvalue weighted by molar-refractivity contribution is -0.134. The summed E-state index contributed by atoms with van der Waals surface area (Å²) in [5, 5.41) is 0. The highest BCUT2D eigenvalue weighted by molar-refractivity contribution is 5.77. The Bertz CT molecular complexity index is 228. The van der Waals surface area contributed by atoms with Gasteiger partial charge in [-0.3, -0.25) is 4.79 Å². The number of carbonyl (C=O) groups is 1. The molecule has 0 heterocycles. The molecule has 0 radical (unpaired) electrons. The summed E-state index contributed by atoms with van der Waals surface area (Å²) in [6, 6.07) is 0.428. The van der Waals surface area contributed by atoms with Crippen molar-refractivity contribution in [3.63, 3.8) is 0 Å². The first-order chi connectivity index (χ1) is 6.82. The van der Waals surface area contributed by atoms with Crippen LogP contribution in [-0.4, -0.2) is 29.9 Å². The third-order valence-corrected chi connectivity index (χ3v) is 3.52. The Hall–Kier alpha value is -0.570. The maximum absolute atomic E-state index is 11.9. The largest absolute Gasteiger partial charge is 0.343 e. The molecule has 1 atom stereocenters. The van der Waals surface area contributed by atoms with E-state index in [9.17, 15) is 4.79 Å². The van der Waals surface area contributed by atoms with Crippen molar-refractivity contribution in [3.8, 4) is 0 Å². The minimum absolute atomic E-state index is 0.0100. The molecule has 0 aromatic rings. The highest BCUT2D eigenvalue weighted by Crippen LogP contribution is 2.25. The van der Waals surface area contributed by atoms with Crippen LogP contribution in [0.1, 0.15) is 46.5 Å². The minimum atomic E-state index is -0.0486. The summed E-state index contributed by atoms with van der Waals surface area (Å²) in [7, 11) is 1.90. The molecule has 1 unspecified atom stereocenters. The van der Waals surface area contributed by atoms with Gasteiger partial charge in [0.2, 0.25) is 5.91 Å². The van der Waals surface area contributed by atoms with Gasteiger partial charge in [0.05, 0.1) is 0 Å². The lowest BCUT2D eigenvalue weighted by Crippen LogP contribution is -2.45. The van der Waals surface area contributed by atoms with Gasteiger partial charge in [0, 0.05) is 25.6 Å². The van der Waals surface area contributed by atoms with Crippen molar-refractivity contribution in [2.75, 3.05) is 7.05 Å². The topological polar surface area (TPSA) is 46.3 Å². The van der Waals surface area contributed by atoms with E-state index in [1.807, 2.05) is 11.9 Å². The number of rotatable bonds is 3. The van der Waals surface area contributed by atoms with Gasteiger partial charge in [-0.15, -0.1) is 0 Å². The van der Waals surface area contributed by atoms with Crippen LogP contribution in [0, 0.1) is 5.41 Å². The van der Waals surface area contributed by atoms with Crippen molar-refractivity contribution in [2.45, 2.75) is 58.5 Å². The highest BCUT2D eigenvalue weighted by atomic mass is 16.2. The number of hydrogen-bond donors (Lipinski definition) is 1. The van der Waals surface area contributed by atoms with Gasteiger partial charge in [0.15, 0.2) is 0 Å². The molecule has 0 aliphatic heterocycles. The third-order valence-electron chi connectivity index (χ3n) is 3.52. The summed E-state index contributed by atoms with van der Waals surface area (Å²) in [6.45, 7) is 6.23. The molecule has 2 N–H and O–H groups in total. The summed E-state index contributed by atoms with van der Waals surface area (Å²) in [4.78, 5) is 13.8. The van der Waals surface area contributed by atoms with Crippen LogP contribution in [0.5, 0.6) is 0 Å². The standard InChI is InChI=1S/C12H24N2O/c1-12(2,3)10(13)8-11(15)14(4)9-6-5-7-9/h9-10H,5-8,13H2,1-4H3. The first kappa shape index (κ1) is 12.5. The lowest BCUT2D eigenvalue weighted by atomic mass is 9.84. The summed E-state index contributed by atoms with van der Waals surface area (Å²) in [5.41, 5.74) is 6.01. The van der Waals surface area contributed by atoms with Gasteiger partial charge in [-0.2, -0.15) is 0 Å². The van der Waals surface area contributed by atoms with E-state index in [1.165, 1.54) is 6.42 Å². The van der Waals surface area contributed by atoms with Crippen LogP contribution < -0.4 is 5.73 Å². The molecule has 1 aliphatic carbocycles. The highest BCUT2D eigenvalue weighted by Gasteiger charge is 2.29. The number of amides is 1. The molecule has 1 rings (SSSR count). The van der Waals surface area contributed by atoms with Crippen LogP contribution in [0.25, 0.3) is 0 Å². The SMILES string of the molecule is CN(C(=O)CC(N)C(C)(C)C)C1CCC1. The van der Waals surface area contributed by atoms with Gasteiger partial charge in [-0.05, 0) is 24.7 Å². The Morgan fingerprint density at radius 1 is 1.47 bits per heavy atom. The second kappa shape index (κ2) is 4.52. The Morgan fingerprint density at radius 3 is 2.33 bits per heavy atom. The van der Waals surface area contributed by atoms with Gasteiger partial charge in [0.1, 0.15) is 0 Å². The minimum Gasteiger partial charge on any atom is -0.343 e. The molecule has 0 saturated heterocycles. The predicted molar refractivity (Wildman–Crippen MR) is 62.5 cm³/mol. The molecule has 0 aromatic heterocycles. The van der Waals surface area contributed by atoms with E-state index < -0.39 is 0 Å².